The summed E-state index contributed by atoms with van der Waals surface area (Å²) >= 11 is 1.10. The van der Waals surface area contributed by atoms with Crippen LogP contribution in [0.3, 0.4) is 0 Å². The molecule has 1 saturated heterocycles. The van der Waals surface area contributed by atoms with E-state index in [4.69, 9.17) is 4.74 Å². The molecule has 1 aliphatic heterocycles. The second kappa shape index (κ2) is 7.33. The summed E-state index contributed by atoms with van der Waals surface area (Å²) in [6, 6.07) is 0. The van der Waals surface area contributed by atoms with Crippen LogP contribution in [0.5, 0.6) is 0 Å². The van der Waals surface area contributed by atoms with E-state index in [1.807, 2.05) is 5.32 Å². The van der Waals surface area contributed by atoms with Crippen molar-refractivity contribution in [3.8, 4) is 0 Å². The number of nitrogens with one attached hydrogen (secondary N) is 1. The number of morpholine rings is 1. The lowest BCUT2D eigenvalue weighted by atomic mass is 10.0. The summed E-state index contributed by atoms with van der Waals surface area (Å²) in [5.41, 5.74) is 1.04. The number of amides is 2. The predicted molar refractivity (Wildman–Crippen MR) is 87.0 cm³/mol. The Hall–Kier alpha value is -1.61. The molecule has 0 radical (unpaired) electrons. The molecule has 3 rings (SSSR count). The summed E-state index contributed by atoms with van der Waals surface area (Å²) in [4.78, 5) is 26.8. The van der Waals surface area contributed by atoms with Crippen LogP contribution in [0.4, 0.5) is 18.2 Å². The molecule has 2 heterocycles. The van der Waals surface area contributed by atoms with E-state index in [1.54, 1.807) is 4.90 Å². The van der Waals surface area contributed by atoms with Crippen LogP contribution in [-0.4, -0.2) is 49.2 Å². The van der Waals surface area contributed by atoms with Crippen molar-refractivity contribution in [2.24, 2.45) is 0 Å². The lowest BCUT2D eigenvalue weighted by molar-refractivity contribution is -0.167. The van der Waals surface area contributed by atoms with Crippen molar-refractivity contribution in [1.82, 2.24) is 4.90 Å². The molecule has 1 N–H and O–H groups in total. The summed E-state index contributed by atoms with van der Waals surface area (Å²) in [6.07, 6.45) is -0.757. The average molecular weight is 376 g/mol. The van der Waals surface area contributed by atoms with Crippen LogP contribution in [-0.2, 0) is 22.4 Å². The Kier molecular flexibility index (Phi) is 5.33. The van der Waals surface area contributed by atoms with E-state index in [9.17, 15) is 22.8 Å². The number of halogens is 3. The molecule has 0 saturated carbocycles. The van der Waals surface area contributed by atoms with Crippen molar-refractivity contribution in [2.45, 2.75) is 38.3 Å². The van der Waals surface area contributed by atoms with Crippen molar-refractivity contribution in [2.75, 3.05) is 31.6 Å². The van der Waals surface area contributed by atoms with Gasteiger partial charge in [-0.3, -0.25) is 9.59 Å². The molecule has 138 valence electrons. The number of nitrogens with zero attached hydrogens (tertiary/aromatic N) is 1. The van der Waals surface area contributed by atoms with Gasteiger partial charge in [0.2, 0.25) is 0 Å². The summed E-state index contributed by atoms with van der Waals surface area (Å²) in [5, 5.41) is 1.94. The molecule has 1 aromatic heterocycles. The molecule has 0 bridgehead atoms. The maximum absolute atomic E-state index is 12.9. The zero-order chi connectivity index (χ0) is 18.0. The van der Waals surface area contributed by atoms with Gasteiger partial charge < -0.3 is 15.0 Å². The Morgan fingerprint density at radius 3 is 2.44 bits per heavy atom. The fraction of sp³-hybridized carbons (Fsp3) is 0.625. The van der Waals surface area contributed by atoms with Crippen LogP contribution in [0.25, 0.3) is 0 Å². The second-order valence-corrected chi connectivity index (χ2v) is 7.23. The summed E-state index contributed by atoms with van der Waals surface area (Å²) < 4.78 is 43.2. The summed E-state index contributed by atoms with van der Waals surface area (Å²) in [7, 11) is 0. The quantitative estimate of drug-likeness (QED) is 0.808. The van der Waals surface area contributed by atoms with Crippen molar-refractivity contribution >= 4 is 28.2 Å². The first-order valence-corrected chi connectivity index (χ1v) is 9.09. The Morgan fingerprint density at radius 1 is 1.08 bits per heavy atom. The molecule has 0 spiro atoms. The molecule has 0 aromatic carbocycles. The first-order valence-electron chi connectivity index (χ1n) is 8.27. The highest BCUT2D eigenvalue weighted by atomic mass is 32.1. The van der Waals surface area contributed by atoms with Gasteiger partial charge in [0.15, 0.2) is 0 Å². The smallest absolute Gasteiger partial charge is 0.378 e. The zero-order valence-electron chi connectivity index (χ0n) is 13.6. The fourth-order valence-corrected chi connectivity index (χ4v) is 4.43. The van der Waals surface area contributed by atoms with Crippen LogP contribution in [0.2, 0.25) is 0 Å². The second-order valence-electron chi connectivity index (χ2n) is 6.13. The highest BCUT2D eigenvalue weighted by Crippen LogP contribution is 2.39. The molecule has 0 atom stereocenters. The van der Waals surface area contributed by atoms with Crippen molar-refractivity contribution in [3.63, 3.8) is 0 Å². The summed E-state index contributed by atoms with van der Waals surface area (Å²) in [6.45, 7) is 1.61. The van der Waals surface area contributed by atoms with Crippen LogP contribution in [0, 0.1) is 0 Å². The number of fused-ring (bicyclic) bond motifs is 1. The molecule has 1 aliphatic carbocycles. The van der Waals surface area contributed by atoms with Gasteiger partial charge in [-0.25, -0.2) is 0 Å². The Morgan fingerprint density at radius 2 is 1.76 bits per heavy atom. The van der Waals surface area contributed by atoms with Gasteiger partial charge in [-0.05, 0) is 31.2 Å². The van der Waals surface area contributed by atoms with Gasteiger partial charge in [0, 0.05) is 18.0 Å². The topological polar surface area (TPSA) is 58.6 Å². The largest absolute Gasteiger partial charge is 0.471 e. The first-order chi connectivity index (χ1) is 11.9. The van der Waals surface area contributed by atoms with E-state index in [0.29, 0.717) is 32.7 Å². The number of rotatable bonds is 2. The Bertz CT molecular complexity index is 666. The number of ether oxygens (including phenoxy) is 1. The van der Waals surface area contributed by atoms with Crippen molar-refractivity contribution in [1.29, 1.82) is 0 Å². The van der Waals surface area contributed by atoms with E-state index < -0.39 is 12.1 Å². The van der Waals surface area contributed by atoms with Crippen molar-refractivity contribution in [3.05, 3.63) is 16.0 Å². The first kappa shape index (κ1) is 18.2. The molecule has 5 nitrogen and oxygen atoms in total. The number of aryl methyl sites for hydroxylation is 1. The number of carbonyl (C=O) groups is 2. The van der Waals surface area contributed by atoms with Gasteiger partial charge in [-0.1, -0.05) is 6.42 Å². The lowest BCUT2D eigenvalue weighted by Crippen LogP contribution is -2.41. The molecular formula is C16H19F3N2O3S. The Labute approximate surface area is 147 Å². The van der Waals surface area contributed by atoms with Crippen LogP contribution in [0.15, 0.2) is 0 Å². The number of thiophene rings is 1. The highest BCUT2D eigenvalue weighted by Gasteiger charge is 2.40. The maximum atomic E-state index is 12.9. The lowest BCUT2D eigenvalue weighted by Gasteiger charge is -2.27. The standard InChI is InChI=1S/C16H19F3N2O3S/c17-16(18,19)15(23)20-13-12(14(22)21-6-8-24-9-7-21)10-4-2-1-3-5-11(10)25-13/h1-9H2,(H,20,23). The van der Waals surface area contributed by atoms with Gasteiger partial charge >= 0.3 is 12.1 Å². The maximum Gasteiger partial charge on any atom is 0.471 e. The molecule has 2 aliphatic rings. The molecule has 9 heteroatoms. The van der Waals surface area contributed by atoms with E-state index in [2.05, 4.69) is 0 Å². The number of hydrogen-bond donors (Lipinski definition) is 1. The monoisotopic (exact) mass is 376 g/mol. The predicted octanol–water partition coefficient (Wildman–Crippen LogP) is 2.99. The van der Waals surface area contributed by atoms with Gasteiger partial charge in [-0.15, -0.1) is 11.3 Å². The highest BCUT2D eigenvalue weighted by molar-refractivity contribution is 7.17. The molecule has 2 amide bonds. The van der Waals surface area contributed by atoms with E-state index >= 15 is 0 Å². The van der Waals surface area contributed by atoms with E-state index in [-0.39, 0.29) is 16.5 Å². The third-order valence-corrected chi connectivity index (χ3v) is 5.63. The fourth-order valence-electron chi connectivity index (χ4n) is 3.16. The Balaban J connectivity index is 1.96. The van der Waals surface area contributed by atoms with Crippen LogP contribution < -0.4 is 5.32 Å². The van der Waals surface area contributed by atoms with Crippen LogP contribution >= 0.6 is 11.3 Å². The van der Waals surface area contributed by atoms with Crippen LogP contribution in [0.1, 0.15) is 40.1 Å². The minimum absolute atomic E-state index is 0.0192. The molecule has 25 heavy (non-hydrogen) atoms. The number of alkyl halides is 3. The molecular weight excluding hydrogens is 357 g/mol. The normalized spacial score (nSPS) is 18.4. The molecule has 1 aromatic rings. The average Bonchev–Trinajstić information content (AvgIpc) is 2.75. The van der Waals surface area contributed by atoms with E-state index in [0.717, 1.165) is 47.5 Å². The third-order valence-electron chi connectivity index (χ3n) is 4.42. The number of carbonyl (C=O) groups excluding carboxylic acids is 2. The van der Waals surface area contributed by atoms with Gasteiger partial charge in [0.05, 0.1) is 18.8 Å². The van der Waals surface area contributed by atoms with Gasteiger partial charge in [-0.2, -0.15) is 13.2 Å². The molecule has 0 unspecified atom stereocenters. The zero-order valence-corrected chi connectivity index (χ0v) is 14.4. The van der Waals surface area contributed by atoms with Gasteiger partial charge in [0.1, 0.15) is 5.00 Å². The van der Waals surface area contributed by atoms with Crippen molar-refractivity contribution < 1.29 is 27.5 Å². The minimum atomic E-state index is -4.99. The third kappa shape index (κ3) is 3.98. The number of hydrogen-bond acceptors (Lipinski definition) is 4. The number of anilines is 1. The van der Waals surface area contributed by atoms with E-state index in [1.165, 1.54) is 0 Å². The SMILES string of the molecule is O=C(c1c(NC(=O)C(F)(F)F)sc2c1CCCCC2)N1CCOCC1. The molecule has 1 fully saturated rings. The summed E-state index contributed by atoms with van der Waals surface area (Å²) in [5.74, 6) is -2.36. The van der Waals surface area contributed by atoms with Gasteiger partial charge in [0.25, 0.3) is 5.91 Å². The minimum Gasteiger partial charge on any atom is -0.378 e.